The molecule has 2 nitrogen and oxygen atoms in total. The minimum absolute atomic E-state index is 0.212. The van der Waals surface area contributed by atoms with Crippen LogP contribution in [0.3, 0.4) is 0 Å². The van der Waals surface area contributed by atoms with E-state index in [1.165, 1.54) is 6.07 Å². The molecule has 0 amide bonds. The van der Waals surface area contributed by atoms with Crippen LogP contribution in [0.5, 0.6) is 11.5 Å². The molecule has 0 radical (unpaired) electrons. The van der Waals surface area contributed by atoms with Gasteiger partial charge in [-0.2, -0.15) is 8.78 Å². The number of ether oxygens (including phenoxy) is 2. The highest BCUT2D eigenvalue weighted by atomic mass is 19.2. The summed E-state index contributed by atoms with van der Waals surface area (Å²) in [4.78, 5) is 0. The van der Waals surface area contributed by atoms with Crippen LogP contribution < -0.4 is 9.47 Å². The zero-order chi connectivity index (χ0) is 10.6. The maximum absolute atomic E-state index is 13.1. The molecule has 1 aromatic rings. The average molecular weight is 206 g/mol. The Morgan fingerprint density at radius 2 is 1.57 bits per heavy atom. The van der Waals surface area contributed by atoms with Crippen LogP contribution in [0.4, 0.5) is 13.2 Å². The van der Waals surface area contributed by atoms with Crippen molar-refractivity contribution >= 4 is 0 Å². The molecule has 0 aromatic heterocycles. The number of halogens is 3. The fourth-order valence-corrected chi connectivity index (χ4v) is 0.951. The first-order valence-electron chi connectivity index (χ1n) is 4.00. The molecule has 0 spiro atoms. The van der Waals surface area contributed by atoms with E-state index in [2.05, 4.69) is 4.74 Å². The van der Waals surface area contributed by atoms with Crippen molar-refractivity contribution in [2.75, 3.05) is 13.5 Å². The van der Waals surface area contributed by atoms with Crippen molar-refractivity contribution < 1.29 is 22.6 Å². The lowest BCUT2D eigenvalue weighted by Gasteiger charge is -2.07. The van der Waals surface area contributed by atoms with Crippen LogP contribution in [0.15, 0.2) is 12.1 Å². The van der Waals surface area contributed by atoms with Gasteiger partial charge in [-0.1, -0.05) is 0 Å². The number of benzene rings is 1. The Balaban J connectivity index is 2.99. The van der Waals surface area contributed by atoms with Gasteiger partial charge in [0.15, 0.2) is 11.5 Å². The van der Waals surface area contributed by atoms with Gasteiger partial charge in [-0.25, -0.2) is 4.39 Å². The summed E-state index contributed by atoms with van der Waals surface area (Å²) in [5, 5.41) is 0. The monoisotopic (exact) mass is 206 g/mol. The summed E-state index contributed by atoms with van der Waals surface area (Å²) in [6, 6.07) is 2.30. The van der Waals surface area contributed by atoms with E-state index in [1.54, 1.807) is 6.92 Å². The second-order valence-corrected chi connectivity index (χ2v) is 2.38. The Morgan fingerprint density at radius 3 is 2.00 bits per heavy atom. The molecule has 0 atom stereocenters. The molecule has 0 N–H and O–H groups in total. The van der Waals surface area contributed by atoms with Crippen LogP contribution in [0.1, 0.15) is 6.92 Å². The third-order valence-corrected chi connectivity index (χ3v) is 1.52. The molecule has 0 aliphatic rings. The first kappa shape index (κ1) is 10.7. The molecule has 5 heteroatoms. The van der Waals surface area contributed by atoms with Crippen molar-refractivity contribution in [2.24, 2.45) is 0 Å². The molecular formula is C9H9F3O2. The number of rotatable bonds is 4. The standard InChI is InChI=1S/C9H9F3O2/c1-2-13-6-3-4-7(14-5-10)9(12)8(6)11/h3-4H,2,5H2,1H3. The molecule has 0 bridgehead atoms. The largest absolute Gasteiger partial charge is 0.491 e. The van der Waals surface area contributed by atoms with E-state index in [0.717, 1.165) is 6.07 Å². The number of hydrogen-bond donors (Lipinski definition) is 0. The molecule has 1 rings (SSSR count). The van der Waals surface area contributed by atoms with Gasteiger partial charge in [-0.15, -0.1) is 0 Å². The van der Waals surface area contributed by atoms with E-state index >= 15 is 0 Å². The van der Waals surface area contributed by atoms with Crippen molar-refractivity contribution in [3.63, 3.8) is 0 Å². The second-order valence-electron chi connectivity index (χ2n) is 2.38. The van der Waals surface area contributed by atoms with E-state index in [9.17, 15) is 13.2 Å². The molecule has 1 aromatic carbocycles. The van der Waals surface area contributed by atoms with Gasteiger partial charge in [0.1, 0.15) is 0 Å². The summed E-state index contributed by atoms with van der Waals surface area (Å²) >= 11 is 0. The molecule has 0 unspecified atom stereocenters. The van der Waals surface area contributed by atoms with E-state index in [0.29, 0.717) is 0 Å². The van der Waals surface area contributed by atoms with Crippen molar-refractivity contribution in [1.82, 2.24) is 0 Å². The fraction of sp³-hybridized carbons (Fsp3) is 0.333. The molecular weight excluding hydrogens is 197 g/mol. The zero-order valence-electron chi connectivity index (χ0n) is 7.52. The molecule has 0 saturated heterocycles. The summed E-state index contributed by atoms with van der Waals surface area (Å²) in [5.41, 5.74) is 0. The van der Waals surface area contributed by atoms with Gasteiger partial charge in [0.2, 0.25) is 18.5 Å². The quantitative estimate of drug-likeness (QED) is 0.754. The molecule has 14 heavy (non-hydrogen) atoms. The van der Waals surface area contributed by atoms with Crippen LogP contribution in [-0.2, 0) is 0 Å². The Kier molecular flexibility index (Phi) is 3.62. The molecule has 78 valence electrons. The lowest BCUT2D eigenvalue weighted by Crippen LogP contribution is -2.00. The Bertz CT molecular complexity index is 284. The van der Waals surface area contributed by atoms with Crippen LogP contribution in [-0.4, -0.2) is 13.5 Å². The van der Waals surface area contributed by atoms with Gasteiger partial charge in [-0.3, -0.25) is 0 Å². The maximum atomic E-state index is 13.1. The third-order valence-electron chi connectivity index (χ3n) is 1.52. The Hall–Kier alpha value is -1.39. The van der Waals surface area contributed by atoms with E-state index in [4.69, 9.17) is 4.74 Å². The van der Waals surface area contributed by atoms with Crippen LogP contribution in [0.25, 0.3) is 0 Å². The topological polar surface area (TPSA) is 18.5 Å². The maximum Gasteiger partial charge on any atom is 0.228 e. The van der Waals surface area contributed by atoms with E-state index < -0.39 is 24.2 Å². The SMILES string of the molecule is CCOc1ccc(OCF)c(F)c1F. The Morgan fingerprint density at radius 1 is 1.07 bits per heavy atom. The van der Waals surface area contributed by atoms with Crippen molar-refractivity contribution in [2.45, 2.75) is 6.92 Å². The molecule has 0 aliphatic heterocycles. The van der Waals surface area contributed by atoms with E-state index in [-0.39, 0.29) is 12.4 Å². The van der Waals surface area contributed by atoms with Crippen molar-refractivity contribution in [1.29, 1.82) is 0 Å². The first-order valence-corrected chi connectivity index (χ1v) is 4.00. The summed E-state index contributed by atoms with van der Waals surface area (Å²) in [7, 11) is 0. The van der Waals surface area contributed by atoms with Gasteiger partial charge < -0.3 is 9.47 Å². The van der Waals surface area contributed by atoms with Crippen molar-refractivity contribution in [3.8, 4) is 11.5 Å². The highest BCUT2D eigenvalue weighted by Crippen LogP contribution is 2.27. The highest BCUT2D eigenvalue weighted by molar-refractivity contribution is 5.34. The second kappa shape index (κ2) is 4.74. The fourth-order valence-electron chi connectivity index (χ4n) is 0.951. The number of alkyl halides is 1. The van der Waals surface area contributed by atoms with Gasteiger partial charge >= 0.3 is 0 Å². The Labute approximate surface area is 79.2 Å². The molecule has 0 heterocycles. The molecule has 0 fully saturated rings. The predicted octanol–water partition coefficient (Wildman–Crippen LogP) is 2.67. The van der Waals surface area contributed by atoms with Gasteiger partial charge in [-0.05, 0) is 19.1 Å². The summed E-state index contributed by atoms with van der Waals surface area (Å²) in [6.45, 7) is 0.660. The summed E-state index contributed by atoms with van der Waals surface area (Å²) in [6.07, 6.45) is 0. The zero-order valence-corrected chi connectivity index (χ0v) is 7.52. The van der Waals surface area contributed by atoms with Gasteiger partial charge in [0.05, 0.1) is 6.61 Å². The predicted molar refractivity (Wildman–Crippen MR) is 44.1 cm³/mol. The van der Waals surface area contributed by atoms with Crippen LogP contribution in [0.2, 0.25) is 0 Å². The number of hydrogen-bond acceptors (Lipinski definition) is 2. The smallest absolute Gasteiger partial charge is 0.228 e. The van der Waals surface area contributed by atoms with Gasteiger partial charge in [0.25, 0.3) is 0 Å². The van der Waals surface area contributed by atoms with Crippen molar-refractivity contribution in [3.05, 3.63) is 23.8 Å². The first-order chi connectivity index (χ1) is 6.70. The summed E-state index contributed by atoms with van der Waals surface area (Å²) in [5.74, 6) is -3.09. The highest BCUT2D eigenvalue weighted by Gasteiger charge is 2.14. The normalized spacial score (nSPS) is 10.0. The minimum atomic E-state index is -1.24. The molecule has 0 saturated carbocycles. The summed E-state index contributed by atoms with van der Waals surface area (Å²) < 4.78 is 46.8. The third kappa shape index (κ3) is 2.10. The lowest BCUT2D eigenvalue weighted by atomic mass is 10.3. The lowest BCUT2D eigenvalue weighted by molar-refractivity contribution is 0.181. The minimum Gasteiger partial charge on any atom is -0.491 e. The van der Waals surface area contributed by atoms with E-state index in [1.807, 2.05) is 0 Å². The molecule has 0 aliphatic carbocycles. The van der Waals surface area contributed by atoms with Crippen LogP contribution in [0, 0.1) is 11.6 Å². The van der Waals surface area contributed by atoms with Gasteiger partial charge in [0, 0.05) is 0 Å². The van der Waals surface area contributed by atoms with Crippen LogP contribution >= 0.6 is 0 Å². The average Bonchev–Trinajstić information content (AvgIpc) is 2.18.